The first-order valence-corrected chi connectivity index (χ1v) is 6.23. The van der Waals surface area contributed by atoms with Gasteiger partial charge in [-0.2, -0.15) is 0 Å². The van der Waals surface area contributed by atoms with Gasteiger partial charge in [-0.1, -0.05) is 6.92 Å². The first-order valence-electron chi connectivity index (χ1n) is 6.23. The molecule has 0 spiro atoms. The lowest BCUT2D eigenvalue weighted by Crippen LogP contribution is -2.40. The highest BCUT2D eigenvalue weighted by Gasteiger charge is 2.22. The molecule has 1 aliphatic rings. The standard InChI is InChI=1S/C12H27N3/c1-5-13-8-11(2)15(4)10-12-6-7-14(3)9-12/h11-13H,5-10H2,1-4H3. The minimum Gasteiger partial charge on any atom is -0.315 e. The number of hydrogen-bond donors (Lipinski definition) is 1. The molecule has 0 aromatic heterocycles. The third kappa shape index (κ3) is 4.49. The zero-order chi connectivity index (χ0) is 11.3. The van der Waals surface area contributed by atoms with Crippen molar-refractivity contribution in [2.45, 2.75) is 26.3 Å². The Kier molecular flexibility index (Phi) is 5.58. The summed E-state index contributed by atoms with van der Waals surface area (Å²) >= 11 is 0. The van der Waals surface area contributed by atoms with Crippen LogP contribution in [-0.4, -0.2) is 62.7 Å². The Labute approximate surface area is 94.8 Å². The fourth-order valence-electron chi connectivity index (χ4n) is 2.27. The van der Waals surface area contributed by atoms with Crippen molar-refractivity contribution in [3.05, 3.63) is 0 Å². The molecule has 1 fully saturated rings. The Morgan fingerprint density at radius 3 is 2.80 bits per heavy atom. The molecule has 1 rings (SSSR count). The summed E-state index contributed by atoms with van der Waals surface area (Å²) in [5.41, 5.74) is 0. The highest BCUT2D eigenvalue weighted by Crippen LogP contribution is 2.15. The summed E-state index contributed by atoms with van der Waals surface area (Å²) in [6, 6.07) is 0.649. The van der Waals surface area contributed by atoms with E-state index in [0.29, 0.717) is 6.04 Å². The van der Waals surface area contributed by atoms with Gasteiger partial charge in [0.15, 0.2) is 0 Å². The molecule has 2 atom stereocenters. The van der Waals surface area contributed by atoms with Crippen LogP contribution in [0.2, 0.25) is 0 Å². The topological polar surface area (TPSA) is 18.5 Å². The lowest BCUT2D eigenvalue weighted by molar-refractivity contribution is 0.214. The summed E-state index contributed by atoms with van der Waals surface area (Å²) in [6.45, 7) is 10.5. The number of likely N-dealkylation sites (tertiary alicyclic amines) is 1. The molecule has 3 nitrogen and oxygen atoms in total. The molecule has 1 aliphatic heterocycles. The summed E-state index contributed by atoms with van der Waals surface area (Å²) in [7, 11) is 4.47. The van der Waals surface area contributed by atoms with E-state index in [-0.39, 0.29) is 0 Å². The van der Waals surface area contributed by atoms with Crippen LogP contribution in [0.5, 0.6) is 0 Å². The highest BCUT2D eigenvalue weighted by atomic mass is 15.2. The molecule has 90 valence electrons. The number of likely N-dealkylation sites (N-methyl/N-ethyl adjacent to an activating group) is 2. The Balaban J connectivity index is 2.19. The van der Waals surface area contributed by atoms with Gasteiger partial charge in [-0.3, -0.25) is 0 Å². The van der Waals surface area contributed by atoms with E-state index in [1.807, 2.05) is 0 Å². The van der Waals surface area contributed by atoms with Crippen LogP contribution < -0.4 is 5.32 Å². The van der Waals surface area contributed by atoms with Crippen LogP contribution in [0.1, 0.15) is 20.3 Å². The number of nitrogens with zero attached hydrogens (tertiary/aromatic N) is 2. The van der Waals surface area contributed by atoms with Gasteiger partial charge in [-0.05, 0) is 46.4 Å². The molecule has 0 aromatic rings. The molecule has 1 heterocycles. The molecule has 1 saturated heterocycles. The first kappa shape index (κ1) is 12.9. The summed E-state index contributed by atoms with van der Waals surface area (Å²) in [4.78, 5) is 4.93. The van der Waals surface area contributed by atoms with E-state index in [0.717, 1.165) is 19.0 Å². The van der Waals surface area contributed by atoms with Crippen molar-refractivity contribution in [1.82, 2.24) is 15.1 Å². The van der Waals surface area contributed by atoms with Crippen LogP contribution in [-0.2, 0) is 0 Å². The van der Waals surface area contributed by atoms with Gasteiger partial charge in [-0.15, -0.1) is 0 Å². The van der Waals surface area contributed by atoms with Crippen LogP contribution in [0.25, 0.3) is 0 Å². The molecule has 3 heteroatoms. The molecule has 0 saturated carbocycles. The maximum absolute atomic E-state index is 3.41. The van der Waals surface area contributed by atoms with E-state index in [4.69, 9.17) is 0 Å². The Bertz CT molecular complexity index is 172. The molecular formula is C12H27N3. The molecule has 15 heavy (non-hydrogen) atoms. The average molecular weight is 213 g/mol. The van der Waals surface area contributed by atoms with Gasteiger partial charge in [0, 0.05) is 25.7 Å². The number of rotatable bonds is 6. The number of nitrogens with one attached hydrogen (secondary N) is 1. The monoisotopic (exact) mass is 213 g/mol. The quantitative estimate of drug-likeness (QED) is 0.706. The molecule has 0 amide bonds. The molecule has 2 unspecified atom stereocenters. The number of hydrogen-bond acceptors (Lipinski definition) is 3. The van der Waals surface area contributed by atoms with Gasteiger partial charge in [0.1, 0.15) is 0 Å². The minimum atomic E-state index is 0.649. The predicted molar refractivity (Wildman–Crippen MR) is 66.2 cm³/mol. The first-order chi connectivity index (χ1) is 7.13. The maximum atomic E-state index is 3.41. The summed E-state index contributed by atoms with van der Waals surface area (Å²) in [6.07, 6.45) is 1.37. The van der Waals surface area contributed by atoms with Crippen LogP contribution in [0, 0.1) is 5.92 Å². The van der Waals surface area contributed by atoms with Gasteiger partial charge in [0.25, 0.3) is 0 Å². The average Bonchev–Trinajstić information content (AvgIpc) is 2.60. The summed E-state index contributed by atoms with van der Waals surface area (Å²) in [5.74, 6) is 0.879. The van der Waals surface area contributed by atoms with E-state index >= 15 is 0 Å². The van der Waals surface area contributed by atoms with Crippen molar-refractivity contribution < 1.29 is 0 Å². The predicted octanol–water partition coefficient (Wildman–Crippen LogP) is 0.868. The lowest BCUT2D eigenvalue weighted by Gasteiger charge is -2.27. The lowest BCUT2D eigenvalue weighted by atomic mass is 10.1. The van der Waals surface area contributed by atoms with Crippen LogP contribution in [0.15, 0.2) is 0 Å². The Morgan fingerprint density at radius 2 is 2.27 bits per heavy atom. The zero-order valence-corrected chi connectivity index (χ0v) is 10.8. The second-order valence-corrected chi connectivity index (χ2v) is 5.01. The van der Waals surface area contributed by atoms with Gasteiger partial charge in [-0.25, -0.2) is 0 Å². The molecular weight excluding hydrogens is 186 g/mol. The molecule has 0 aromatic carbocycles. The molecule has 0 aliphatic carbocycles. The van der Waals surface area contributed by atoms with Crippen molar-refractivity contribution in [3.63, 3.8) is 0 Å². The van der Waals surface area contributed by atoms with Crippen LogP contribution in [0.4, 0.5) is 0 Å². The van der Waals surface area contributed by atoms with E-state index in [1.54, 1.807) is 0 Å². The largest absolute Gasteiger partial charge is 0.315 e. The van der Waals surface area contributed by atoms with Gasteiger partial charge < -0.3 is 15.1 Å². The van der Waals surface area contributed by atoms with Crippen molar-refractivity contribution in [2.24, 2.45) is 5.92 Å². The van der Waals surface area contributed by atoms with E-state index in [1.165, 1.54) is 26.1 Å². The van der Waals surface area contributed by atoms with Crippen molar-refractivity contribution in [3.8, 4) is 0 Å². The van der Waals surface area contributed by atoms with Gasteiger partial charge in [0.2, 0.25) is 0 Å². The molecule has 0 bridgehead atoms. The summed E-state index contributed by atoms with van der Waals surface area (Å²) < 4.78 is 0. The van der Waals surface area contributed by atoms with Crippen LogP contribution in [0.3, 0.4) is 0 Å². The van der Waals surface area contributed by atoms with Crippen molar-refractivity contribution >= 4 is 0 Å². The smallest absolute Gasteiger partial charge is 0.0189 e. The fourth-order valence-corrected chi connectivity index (χ4v) is 2.27. The van der Waals surface area contributed by atoms with Crippen LogP contribution >= 0.6 is 0 Å². The molecule has 0 radical (unpaired) electrons. The highest BCUT2D eigenvalue weighted by molar-refractivity contribution is 4.77. The van der Waals surface area contributed by atoms with Gasteiger partial charge in [0.05, 0.1) is 0 Å². The van der Waals surface area contributed by atoms with E-state index in [9.17, 15) is 0 Å². The fraction of sp³-hybridized carbons (Fsp3) is 1.00. The van der Waals surface area contributed by atoms with Crippen molar-refractivity contribution in [1.29, 1.82) is 0 Å². The third-order valence-corrected chi connectivity index (χ3v) is 3.48. The Morgan fingerprint density at radius 1 is 1.53 bits per heavy atom. The second-order valence-electron chi connectivity index (χ2n) is 5.01. The van der Waals surface area contributed by atoms with E-state index < -0.39 is 0 Å². The van der Waals surface area contributed by atoms with E-state index in [2.05, 4.69) is 43.1 Å². The maximum Gasteiger partial charge on any atom is 0.0189 e. The SMILES string of the molecule is CCNCC(C)N(C)CC1CCN(C)C1. The summed E-state index contributed by atoms with van der Waals surface area (Å²) in [5, 5.41) is 3.41. The molecule has 1 N–H and O–H groups in total. The zero-order valence-electron chi connectivity index (χ0n) is 10.8. The second kappa shape index (κ2) is 6.46. The van der Waals surface area contributed by atoms with Crippen molar-refractivity contribution in [2.75, 3.05) is 46.8 Å². The minimum absolute atomic E-state index is 0.649. The Hall–Kier alpha value is -0.120. The van der Waals surface area contributed by atoms with Gasteiger partial charge >= 0.3 is 0 Å². The normalized spacial score (nSPS) is 25.0. The third-order valence-electron chi connectivity index (χ3n) is 3.48.